The third kappa shape index (κ3) is 17.6. The Balaban J connectivity index is 0. The summed E-state index contributed by atoms with van der Waals surface area (Å²) in [7, 11) is 0. The maximum absolute atomic E-state index is 9.25. The van der Waals surface area contributed by atoms with E-state index in [0.717, 1.165) is 6.08 Å². The van der Waals surface area contributed by atoms with E-state index in [-0.39, 0.29) is 0 Å². The number of carboxylic acids is 1. The molecule has 66 valence electrons. The van der Waals surface area contributed by atoms with Gasteiger partial charge in [-0.1, -0.05) is 6.58 Å². The molecule has 0 bridgehead atoms. The van der Waals surface area contributed by atoms with Crippen LogP contribution >= 0.6 is 0 Å². The van der Waals surface area contributed by atoms with Gasteiger partial charge in [-0.2, -0.15) is 0 Å². The molecule has 0 aromatic carbocycles. The van der Waals surface area contributed by atoms with Crippen molar-refractivity contribution < 1.29 is 20.1 Å². The van der Waals surface area contributed by atoms with Crippen LogP contribution in [0.25, 0.3) is 0 Å². The summed E-state index contributed by atoms with van der Waals surface area (Å²) in [4.78, 5) is 9.25. The van der Waals surface area contributed by atoms with E-state index in [4.69, 9.17) is 15.3 Å². The summed E-state index contributed by atoms with van der Waals surface area (Å²) < 4.78 is 0. The lowest BCUT2D eigenvalue weighted by Gasteiger charge is -2.03. The number of carbonyl (C=O) groups is 1. The molecule has 0 heterocycles. The molecule has 0 rings (SSSR count). The van der Waals surface area contributed by atoms with Crippen molar-refractivity contribution >= 4 is 5.97 Å². The van der Waals surface area contributed by atoms with Gasteiger partial charge in [0, 0.05) is 6.08 Å². The molecule has 2 atom stereocenters. The molecule has 0 aliphatic carbocycles. The number of aliphatic hydroxyl groups excluding tert-OH is 2. The van der Waals surface area contributed by atoms with Crippen LogP contribution in [0.2, 0.25) is 0 Å². The number of carboxylic acid groups (broad SMARTS) is 1. The van der Waals surface area contributed by atoms with Gasteiger partial charge in [-0.05, 0) is 13.8 Å². The van der Waals surface area contributed by atoms with Crippen molar-refractivity contribution in [2.75, 3.05) is 0 Å². The normalized spacial score (nSPS) is 13.8. The minimum absolute atomic E-state index is 0.593. The Morgan fingerprint density at radius 1 is 1.36 bits per heavy atom. The molecule has 0 aliphatic heterocycles. The Morgan fingerprint density at radius 2 is 1.55 bits per heavy atom. The van der Waals surface area contributed by atoms with Gasteiger partial charge in [-0.3, -0.25) is 0 Å². The topological polar surface area (TPSA) is 77.8 Å². The Hall–Kier alpha value is -0.870. The van der Waals surface area contributed by atoms with Gasteiger partial charge in [0.25, 0.3) is 0 Å². The molecule has 0 saturated heterocycles. The predicted molar refractivity (Wildman–Crippen MR) is 41.2 cm³/mol. The SMILES string of the molecule is C=CC(=O)O.CC(O)C(C)O. The largest absolute Gasteiger partial charge is 0.478 e. The van der Waals surface area contributed by atoms with Crippen LogP contribution in [0.1, 0.15) is 13.8 Å². The first-order valence-corrected chi connectivity index (χ1v) is 3.13. The molecule has 11 heavy (non-hydrogen) atoms. The molecule has 4 nitrogen and oxygen atoms in total. The van der Waals surface area contributed by atoms with E-state index in [1.54, 1.807) is 13.8 Å². The van der Waals surface area contributed by atoms with Crippen LogP contribution in [0.15, 0.2) is 12.7 Å². The van der Waals surface area contributed by atoms with E-state index in [9.17, 15) is 4.79 Å². The van der Waals surface area contributed by atoms with Crippen LogP contribution in [-0.2, 0) is 4.79 Å². The maximum Gasteiger partial charge on any atom is 0.327 e. The summed E-state index contributed by atoms with van der Waals surface area (Å²) in [6.45, 7) is 6.05. The maximum atomic E-state index is 9.25. The summed E-state index contributed by atoms with van der Waals surface area (Å²) in [6.07, 6.45) is -0.352. The van der Waals surface area contributed by atoms with E-state index >= 15 is 0 Å². The summed E-state index contributed by atoms with van der Waals surface area (Å²) in [6, 6.07) is 0. The Morgan fingerprint density at radius 3 is 1.55 bits per heavy atom. The minimum Gasteiger partial charge on any atom is -0.478 e. The smallest absolute Gasteiger partial charge is 0.327 e. The van der Waals surface area contributed by atoms with Crippen LogP contribution in [0.5, 0.6) is 0 Å². The Bertz CT molecular complexity index is 112. The first-order chi connectivity index (χ1) is 4.91. The number of rotatable bonds is 2. The van der Waals surface area contributed by atoms with Crippen LogP contribution < -0.4 is 0 Å². The Labute approximate surface area is 65.8 Å². The lowest BCUT2D eigenvalue weighted by atomic mass is 10.3. The molecule has 0 aromatic rings. The highest BCUT2D eigenvalue weighted by Gasteiger charge is 1.99. The van der Waals surface area contributed by atoms with Gasteiger partial charge < -0.3 is 15.3 Å². The first kappa shape index (κ1) is 12.8. The van der Waals surface area contributed by atoms with Gasteiger partial charge in [-0.25, -0.2) is 4.79 Å². The lowest BCUT2D eigenvalue weighted by molar-refractivity contribution is -0.131. The monoisotopic (exact) mass is 162 g/mol. The van der Waals surface area contributed by atoms with Crippen molar-refractivity contribution in [1.29, 1.82) is 0 Å². The molecular formula is C7H14O4. The molecule has 0 aliphatic rings. The fraction of sp³-hybridized carbons (Fsp3) is 0.571. The fourth-order valence-corrected chi connectivity index (χ4v) is 0. The highest BCUT2D eigenvalue weighted by Crippen LogP contribution is 1.85. The predicted octanol–water partition coefficient (Wildman–Crippen LogP) is 0.00500. The van der Waals surface area contributed by atoms with E-state index in [1.807, 2.05) is 0 Å². The second kappa shape index (κ2) is 7.24. The number of hydrogen-bond donors (Lipinski definition) is 3. The van der Waals surface area contributed by atoms with Crippen molar-refractivity contribution in [3.05, 3.63) is 12.7 Å². The molecule has 0 amide bonds. The van der Waals surface area contributed by atoms with Crippen molar-refractivity contribution in [2.45, 2.75) is 26.1 Å². The molecule has 2 unspecified atom stereocenters. The number of aliphatic hydroxyl groups is 2. The fourth-order valence-electron chi connectivity index (χ4n) is 0. The zero-order valence-corrected chi connectivity index (χ0v) is 6.69. The van der Waals surface area contributed by atoms with E-state index in [1.165, 1.54) is 0 Å². The second-order valence-corrected chi connectivity index (χ2v) is 2.02. The molecule has 0 radical (unpaired) electrons. The van der Waals surface area contributed by atoms with Gasteiger partial charge in [0.05, 0.1) is 12.2 Å². The van der Waals surface area contributed by atoms with Gasteiger partial charge in [-0.15, -0.1) is 0 Å². The second-order valence-electron chi connectivity index (χ2n) is 2.02. The van der Waals surface area contributed by atoms with Gasteiger partial charge in [0.2, 0.25) is 0 Å². The molecule has 0 spiro atoms. The first-order valence-electron chi connectivity index (χ1n) is 3.13. The summed E-state index contributed by atoms with van der Waals surface area (Å²) in [5.41, 5.74) is 0. The lowest BCUT2D eigenvalue weighted by Crippen LogP contribution is -2.17. The van der Waals surface area contributed by atoms with Gasteiger partial charge >= 0.3 is 5.97 Å². The van der Waals surface area contributed by atoms with Crippen molar-refractivity contribution in [1.82, 2.24) is 0 Å². The summed E-state index contributed by atoms with van der Waals surface area (Å²) in [5, 5.41) is 24.4. The van der Waals surface area contributed by atoms with Gasteiger partial charge in [0.1, 0.15) is 0 Å². The van der Waals surface area contributed by atoms with E-state index < -0.39 is 18.2 Å². The van der Waals surface area contributed by atoms with Crippen molar-refractivity contribution in [2.24, 2.45) is 0 Å². The van der Waals surface area contributed by atoms with E-state index in [0.29, 0.717) is 0 Å². The van der Waals surface area contributed by atoms with Crippen LogP contribution in [0.3, 0.4) is 0 Å². The van der Waals surface area contributed by atoms with E-state index in [2.05, 4.69) is 6.58 Å². The zero-order valence-electron chi connectivity index (χ0n) is 6.69. The molecule has 0 fully saturated rings. The van der Waals surface area contributed by atoms with Gasteiger partial charge in [0.15, 0.2) is 0 Å². The molecule has 3 N–H and O–H groups in total. The van der Waals surface area contributed by atoms with Crippen LogP contribution in [0.4, 0.5) is 0 Å². The molecule has 0 aromatic heterocycles. The minimum atomic E-state index is -0.981. The number of hydrogen-bond acceptors (Lipinski definition) is 3. The van der Waals surface area contributed by atoms with Crippen molar-refractivity contribution in [3.63, 3.8) is 0 Å². The molecule has 0 saturated carbocycles. The summed E-state index contributed by atoms with van der Waals surface area (Å²) >= 11 is 0. The Kier molecular flexibility index (Phi) is 8.41. The molecule has 4 heteroatoms. The van der Waals surface area contributed by atoms with Crippen molar-refractivity contribution in [3.8, 4) is 0 Å². The highest BCUT2D eigenvalue weighted by atomic mass is 16.4. The third-order valence-corrected chi connectivity index (χ3v) is 0.873. The average molecular weight is 162 g/mol. The molecular weight excluding hydrogens is 148 g/mol. The third-order valence-electron chi connectivity index (χ3n) is 0.873. The standard InChI is InChI=1S/C4H10O2.C3H4O2/c1-3(5)4(2)6;1-2-3(4)5/h3-6H,1-2H3;2H,1H2,(H,4,5). The average Bonchev–Trinajstić information content (AvgIpc) is 1.89. The van der Waals surface area contributed by atoms with Crippen LogP contribution in [0, 0.1) is 0 Å². The quantitative estimate of drug-likeness (QED) is 0.499. The van der Waals surface area contributed by atoms with Crippen LogP contribution in [-0.4, -0.2) is 33.5 Å². The zero-order chi connectivity index (χ0) is 9.44. The number of aliphatic carboxylic acids is 1. The summed E-state index contributed by atoms with van der Waals surface area (Å²) in [5.74, 6) is -0.981. The highest BCUT2D eigenvalue weighted by molar-refractivity contribution is 5.78.